The second kappa shape index (κ2) is 5.49. The molecule has 0 atom stereocenters. The Hall–Kier alpha value is -1.71. The average molecular weight is 301 g/mol. The van der Waals surface area contributed by atoms with Crippen LogP contribution < -0.4 is 0 Å². The summed E-state index contributed by atoms with van der Waals surface area (Å²) < 4.78 is 16.5. The summed E-state index contributed by atoms with van der Waals surface area (Å²) in [5, 5.41) is 4.39. The smallest absolute Gasteiger partial charge is 0.222 e. The lowest BCUT2D eigenvalue weighted by Crippen LogP contribution is -2.06. The highest BCUT2D eigenvalue weighted by Gasteiger charge is 2.37. The lowest BCUT2D eigenvalue weighted by molar-refractivity contribution is 0.534. The molecule has 1 saturated carbocycles. The van der Waals surface area contributed by atoms with Crippen LogP contribution in [0.15, 0.2) is 18.3 Å². The van der Waals surface area contributed by atoms with Gasteiger partial charge in [0.25, 0.3) is 0 Å². The molecule has 1 fully saturated rings. The number of aryl methyl sites for hydroxylation is 1. The van der Waals surface area contributed by atoms with Crippen molar-refractivity contribution in [2.24, 2.45) is 5.41 Å². The fourth-order valence-corrected chi connectivity index (χ4v) is 2.93. The number of nitrogens with zero attached hydrogens (tertiary/aromatic N) is 3. The van der Waals surface area contributed by atoms with E-state index in [2.05, 4.69) is 30.9 Å². The summed E-state index contributed by atoms with van der Waals surface area (Å²) in [7, 11) is 0. The van der Waals surface area contributed by atoms with E-state index < -0.39 is 0 Å². The van der Waals surface area contributed by atoms with Gasteiger partial charge in [-0.3, -0.25) is 4.68 Å². The number of halogens is 1. The zero-order chi connectivity index (χ0) is 15.9. The Balaban J connectivity index is 2.00. The third-order valence-electron chi connectivity index (χ3n) is 4.66. The zero-order valence-corrected chi connectivity index (χ0v) is 13.9. The van der Waals surface area contributed by atoms with E-state index in [0.29, 0.717) is 16.9 Å². The molecule has 22 heavy (non-hydrogen) atoms. The summed E-state index contributed by atoms with van der Waals surface area (Å²) in [4.78, 5) is 4.22. The topological polar surface area (TPSA) is 30.7 Å². The monoisotopic (exact) mass is 301 g/mol. The standard InChI is InChI=1S/C18H24FN3/c1-5-22-16(15(11-20-22)12(2)3)14-7-6-13(21-17(14)19)10-18(4)8-9-18/h6-7,11-12H,5,8-10H2,1-4H3. The lowest BCUT2D eigenvalue weighted by atomic mass is 9.98. The van der Waals surface area contributed by atoms with E-state index in [1.54, 1.807) is 0 Å². The number of aromatic nitrogens is 3. The maximum atomic E-state index is 14.6. The van der Waals surface area contributed by atoms with E-state index in [1.165, 1.54) is 12.8 Å². The Bertz CT molecular complexity index is 684. The molecule has 0 radical (unpaired) electrons. The summed E-state index contributed by atoms with van der Waals surface area (Å²) in [5.74, 6) is -0.0707. The number of rotatable bonds is 5. The first-order chi connectivity index (χ1) is 10.4. The summed E-state index contributed by atoms with van der Waals surface area (Å²) in [6, 6.07) is 3.84. The van der Waals surface area contributed by atoms with Gasteiger partial charge in [-0.25, -0.2) is 4.98 Å². The first-order valence-electron chi connectivity index (χ1n) is 8.15. The fourth-order valence-electron chi connectivity index (χ4n) is 2.93. The van der Waals surface area contributed by atoms with Gasteiger partial charge in [-0.05, 0) is 49.7 Å². The molecule has 2 aromatic rings. The number of pyridine rings is 1. The number of hydrogen-bond acceptors (Lipinski definition) is 2. The molecule has 0 aliphatic heterocycles. The first kappa shape index (κ1) is 15.2. The van der Waals surface area contributed by atoms with Gasteiger partial charge >= 0.3 is 0 Å². The van der Waals surface area contributed by atoms with Gasteiger partial charge in [0, 0.05) is 17.8 Å². The molecule has 1 aliphatic carbocycles. The van der Waals surface area contributed by atoms with E-state index in [1.807, 2.05) is 29.9 Å². The molecule has 0 unspecified atom stereocenters. The molecule has 0 amide bonds. The molecular formula is C18H24FN3. The van der Waals surface area contributed by atoms with Crippen LogP contribution in [0.25, 0.3) is 11.3 Å². The summed E-state index contributed by atoms with van der Waals surface area (Å²) in [6.07, 6.45) is 5.16. The normalized spacial score (nSPS) is 16.3. The van der Waals surface area contributed by atoms with E-state index in [9.17, 15) is 4.39 Å². The highest BCUT2D eigenvalue weighted by molar-refractivity contribution is 5.64. The van der Waals surface area contributed by atoms with Crippen LogP contribution >= 0.6 is 0 Å². The molecule has 0 bridgehead atoms. The van der Waals surface area contributed by atoms with Gasteiger partial charge in [0.15, 0.2) is 0 Å². The van der Waals surface area contributed by atoms with Crippen LogP contribution in [0.3, 0.4) is 0 Å². The SMILES string of the molecule is CCn1ncc(C(C)C)c1-c1ccc(CC2(C)CC2)nc1F. The molecule has 2 aromatic heterocycles. The first-order valence-corrected chi connectivity index (χ1v) is 8.15. The predicted molar refractivity (Wildman–Crippen MR) is 86.2 cm³/mol. The Morgan fingerprint density at radius 3 is 2.59 bits per heavy atom. The van der Waals surface area contributed by atoms with Gasteiger partial charge in [0.1, 0.15) is 0 Å². The molecule has 0 aromatic carbocycles. The fraction of sp³-hybridized carbons (Fsp3) is 0.556. The maximum absolute atomic E-state index is 14.6. The van der Waals surface area contributed by atoms with Crippen molar-refractivity contribution in [3.63, 3.8) is 0 Å². The Morgan fingerprint density at radius 2 is 2.05 bits per heavy atom. The Morgan fingerprint density at radius 1 is 1.32 bits per heavy atom. The van der Waals surface area contributed by atoms with Crippen LogP contribution in [0.5, 0.6) is 0 Å². The van der Waals surface area contributed by atoms with Crippen molar-refractivity contribution in [3.8, 4) is 11.3 Å². The minimum absolute atomic E-state index is 0.305. The van der Waals surface area contributed by atoms with Crippen molar-refractivity contribution in [2.45, 2.75) is 59.4 Å². The van der Waals surface area contributed by atoms with Crippen molar-refractivity contribution < 1.29 is 4.39 Å². The Kier molecular flexibility index (Phi) is 3.79. The van der Waals surface area contributed by atoms with Crippen LogP contribution in [0.2, 0.25) is 0 Å². The average Bonchev–Trinajstić information content (AvgIpc) is 3.02. The molecular weight excluding hydrogens is 277 g/mol. The van der Waals surface area contributed by atoms with Crippen LogP contribution in [0.1, 0.15) is 57.7 Å². The van der Waals surface area contributed by atoms with Crippen molar-refractivity contribution in [1.82, 2.24) is 14.8 Å². The Labute approximate surface area is 131 Å². The highest BCUT2D eigenvalue weighted by atomic mass is 19.1. The van der Waals surface area contributed by atoms with Crippen LogP contribution in [0, 0.1) is 11.4 Å². The molecule has 2 heterocycles. The second-order valence-corrected chi connectivity index (χ2v) is 7.05. The minimum Gasteiger partial charge on any atom is -0.265 e. The van der Waals surface area contributed by atoms with Crippen molar-refractivity contribution in [2.75, 3.05) is 0 Å². The second-order valence-electron chi connectivity index (χ2n) is 7.05. The van der Waals surface area contributed by atoms with Gasteiger partial charge in [0.05, 0.1) is 17.5 Å². The van der Waals surface area contributed by atoms with E-state index in [-0.39, 0.29) is 5.95 Å². The van der Waals surface area contributed by atoms with E-state index in [0.717, 1.165) is 29.9 Å². The van der Waals surface area contributed by atoms with Crippen molar-refractivity contribution >= 4 is 0 Å². The number of hydrogen-bond donors (Lipinski definition) is 0. The van der Waals surface area contributed by atoms with Gasteiger partial charge in [-0.1, -0.05) is 20.8 Å². The molecule has 0 saturated heterocycles. The highest BCUT2D eigenvalue weighted by Crippen LogP contribution is 2.47. The van der Waals surface area contributed by atoms with Crippen molar-refractivity contribution in [1.29, 1.82) is 0 Å². The van der Waals surface area contributed by atoms with Crippen molar-refractivity contribution in [3.05, 3.63) is 35.5 Å². The maximum Gasteiger partial charge on any atom is 0.222 e. The van der Waals surface area contributed by atoms with Gasteiger partial charge in [-0.2, -0.15) is 9.49 Å². The van der Waals surface area contributed by atoms with Gasteiger partial charge in [0.2, 0.25) is 5.95 Å². The van der Waals surface area contributed by atoms with Gasteiger partial charge < -0.3 is 0 Å². The third-order valence-corrected chi connectivity index (χ3v) is 4.66. The molecule has 3 rings (SSSR count). The third kappa shape index (κ3) is 2.79. The largest absolute Gasteiger partial charge is 0.265 e. The summed E-state index contributed by atoms with van der Waals surface area (Å²) >= 11 is 0. The molecule has 0 spiro atoms. The van der Waals surface area contributed by atoms with Crippen LogP contribution in [-0.2, 0) is 13.0 Å². The van der Waals surface area contributed by atoms with Gasteiger partial charge in [-0.15, -0.1) is 0 Å². The summed E-state index contributed by atoms with van der Waals surface area (Å²) in [6.45, 7) is 9.20. The van der Waals surface area contributed by atoms with Crippen LogP contribution in [0.4, 0.5) is 4.39 Å². The zero-order valence-electron chi connectivity index (χ0n) is 13.9. The van der Waals surface area contributed by atoms with E-state index in [4.69, 9.17) is 0 Å². The molecule has 0 N–H and O–H groups in total. The molecule has 118 valence electrons. The molecule has 4 heteroatoms. The lowest BCUT2D eigenvalue weighted by Gasteiger charge is -2.13. The predicted octanol–water partition coefficient (Wildman–Crippen LogP) is 4.57. The minimum atomic E-state index is -0.376. The molecule has 3 nitrogen and oxygen atoms in total. The van der Waals surface area contributed by atoms with Crippen LogP contribution in [-0.4, -0.2) is 14.8 Å². The van der Waals surface area contributed by atoms with E-state index >= 15 is 0 Å². The molecule has 1 aliphatic rings. The quantitative estimate of drug-likeness (QED) is 0.757. The summed E-state index contributed by atoms with van der Waals surface area (Å²) in [5.41, 5.74) is 3.70.